The van der Waals surface area contributed by atoms with Crippen molar-refractivity contribution >= 4 is 39.9 Å². The van der Waals surface area contributed by atoms with Gasteiger partial charge in [-0.1, -0.05) is 11.6 Å². The highest BCUT2D eigenvalue weighted by Gasteiger charge is 2.05. The molecule has 1 rings (SSSR count). The number of thiophene rings is 1. The second kappa shape index (κ2) is 4.84. The minimum Gasteiger partial charge on any atom is -0.332 e. The van der Waals surface area contributed by atoms with Gasteiger partial charge in [-0.3, -0.25) is 4.79 Å². The summed E-state index contributed by atoms with van der Waals surface area (Å²) in [6.45, 7) is 0.624. The van der Waals surface area contributed by atoms with Crippen molar-refractivity contribution in [3.05, 3.63) is 21.3 Å². The standard InChI is InChI=1S/C8H9Cl2NOS/c1-11(8(10)12)5-4-6-2-3-7(9)13-6/h2-3H,4-5H2,1H3. The predicted octanol–water partition coefficient (Wildman–Crippen LogP) is 3.23. The van der Waals surface area contributed by atoms with Crippen LogP contribution >= 0.6 is 34.5 Å². The Bertz CT molecular complexity index is 300. The van der Waals surface area contributed by atoms with E-state index in [9.17, 15) is 4.79 Å². The summed E-state index contributed by atoms with van der Waals surface area (Å²) in [6.07, 6.45) is 0.798. The predicted molar refractivity (Wildman–Crippen MR) is 56.9 cm³/mol. The Morgan fingerprint density at radius 2 is 2.31 bits per heavy atom. The molecule has 5 heteroatoms. The lowest BCUT2D eigenvalue weighted by Gasteiger charge is -2.11. The average molecular weight is 238 g/mol. The molecule has 0 aliphatic carbocycles. The van der Waals surface area contributed by atoms with E-state index in [1.165, 1.54) is 16.2 Å². The van der Waals surface area contributed by atoms with Gasteiger partial charge >= 0.3 is 5.37 Å². The molecule has 0 unspecified atom stereocenters. The maximum atomic E-state index is 10.6. The molecule has 0 saturated carbocycles. The minimum atomic E-state index is -0.428. The second-order valence-electron chi connectivity index (χ2n) is 2.63. The molecule has 0 bridgehead atoms. The van der Waals surface area contributed by atoms with Crippen molar-refractivity contribution in [1.82, 2.24) is 4.90 Å². The van der Waals surface area contributed by atoms with Crippen molar-refractivity contribution in [2.24, 2.45) is 0 Å². The third-order valence-electron chi connectivity index (χ3n) is 1.62. The highest BCUT2D eigenvalue weighted by atomic mass is 35.5. The van der Waals surface area contributed by atoms with Gasteiger partial charge in [0.1, 0.15) is 0 Å². The normalized spacial score (nSPS) is 10.1. The van der Waals surface area contributed by atoms with Crippen molar-refractivity contribution in [2.45, 2.75) is 6.42 Å². The number of nitrogens with zero attached hydrogens (tertiary/aromatic N) is 1. The Balaban J connectivity index is 2.39. The minimum absolute atomic E-state index is 0.428. The van der Waals surface area contributed by atoms with Crippen LogP contribution in [0.3, 0.4) is 0 Å². The highest BCUT2D eigenvalue weighted by molar-refractivity contribution is 7.16. The Kier molecular flexibility index (Phi) is 4.03. The summed E-state index contributed by atoms with van der Waals surface area (Å²) in [5, 5.41) is -0.428. The van der Waals surface area contributed by atoms with Crippen LogP contribution in [0.15, 0.2) is 12.1 Å². The topological polar surface area (TPSA) is 20.3 Å². The zero-order valence-corrected chi connectivity index (χ0v) is 9.42. The summed E-state index contributed by atoms with van der Waals surface area (Å²) in [7, 11) is 1.67. The number of rotatable bonds is 3. The summed E-state index contributed by atoms with van der Waals surface area (Å²) in [5.41, 5.74) is 0. The summed E-state index contributed by atoms with van der Waals surface area (Å²) in [4.78, 5) is 13.3. The zero-order chi connectivity index (χ0) is 9.84. The fourth-order valence-corrected chi connectivity index (χ4v) is 2.01. The molecule has 0 radical (unpaired) electrons. The maximum Gasteiger partial charge on any atom is 0.316 e. The summed E-state index contributed by atoms with van der Waals surface area (Å²) in [5.74, 6) is 0. The lowest BCUT2D eigenvalue weighted by Crippen LogP contribution is -2.23. The van der Waals surface area contributed by atoms with Crippen molar-refractivity contribution in [1.29, 1.82) is 0 Å². The van der Waals surface area contributed by atoms with Crippen LogP contribution in [0.2, 0.25) is 4.34 Å². The first-order valence-electron chi connectivity index (χ1n) is 3.74. The summed E-state index contributed by atoms with van der Waals surface area (Å²) >= 11 is 12.5. The largest absolute Gasteiger partial charge is 0.332 e. The van der Waals surface area contributed by atoms with E-state index in [1.807, 2.05) is 12.1 Å². The van der Waals surface area contributed by atoms with Gasteiger partial charge in [-0.2, -0.15) is 0 Å². The van der Waals surface area contributed by atoms with Gasteiger partial charge in [0.15, 0.2) is 0 Å². The molecule has 0 N–H and O–H groups in total. The van der Waals surface area contributed by atoms with Crippen LogP contribution < -0.4 is 0 Å². The van der Waals surface area contributed by atoms with Gasteiger partial charge in [-0.15, -0.1) is 11.3 Å². The number of hydrogen-bond donors (Lipinski definition) is 0. The van der Waals surface area contributed by atoms with Crippen molar-refractivity contribution in [3.8, 4) is 0 Å². The van der Waals surface area contributed by atoms with Gasteiger partial charge in [0, 0.05) is 18.5 Å². The van der Waals surface area contributed by atoms with E-state index in [2.05, 4.69) is 0 Å². The second-order valence-corrected chi connectivity index (χ2v) is 4.75. The Hall–Kier alpha value is -0.250. The van der Waals surface area contributed by atoms with E-state index in [4.69, 9.17) is 23.2 Å². The first-order chi connectivity index (χ1) is 6.09. The summed E-state index contributed by atoms with van der Waals surface area (Å²) < 4.78 is 0.773. The van der Waals surface area contributed by atoms with Crippen LogP contribution in [0, 0.1) is 0 Å². The monoisotopic (exact) mass is 237 g/mol. The van der Waals surface area contributed by atoms with Gasteiger partial charge in [-0.05, 0) is 30.2 Å². The van der Waals surface area contributed by atoms with Gasteiger partial charge in [0.05, 0.1) is 4.34 Å². The van der Waals surface area contributed by atoms with Crippen molar-refractivity contribution in [3.63, 3.8) is 0 Å². The molecule has 13 heavy (non-hydrogen) atoms. The van der Waals surface area contributed by atoms with E-state index in [-0.39, 0.29) is 0 Å². The molecule has 0 atom stereocenters. The van der Waals surface area contributed by atoms with Crippen LogP contribution in [-0.2, 0) is 6.42 Å². The molecule has 1 aromatic heterocycles. The number of amides is 1. The van der Waals surface area contributed by atoms with E-state index in [0.29, 0.717) is 6.54 Å². The van der Waals surface area contributed by atoms with E-state index < -0.39 is 5.37 Å². The fourth-order valence-electron chi connectivity index (χ4n) is 0.852. The van der Waals surface area contributed by atoms with E-state index >= 15 is 0 Å². The lowest BCUT2D eigenvalue weighted by molar-refractivity contribution is 0.233. The summed E-state index contributed by atoms with van der Waals surface area (Å²) in [6, 6.07) is 3.81. The Labute approximate surface area is 91.1 Å². The molecule has 0 fully saturated rings. The van der Waals surface area contributed by atoms with E-state index in [0.717, 1.165) is 15.6 Å². The number of halogens is 2. The first kappa shape index (κ1) is 10.8. The molecule has 0 saturated heterocycles. The maximum absolute atomic E-state index is 10.6. The lowest BCUT2D eigenvalue weighted by atomic mass is 10.3. The number of carbonyl (C=O) groups excluding carboxylic acids is 1. The van der Waals surface area contributed by atoms with Crippen LogP contribution in [-0.4, -0.2) is 23.9 Å². The third kappa shape index (κ3) is 3.55. The van der Waals surface area contributed by atoms with Crippen molar-refractivity contribution in [2.75, 3.05) is 13.6 Å². The van der Waals surface area contributed by atoms with Gasteiger partial charge < -0.3 is 4.90 Å². The third-order valence-corrected chi connectivity index (χ3v) is 3.20. The molecule has 2 nitrogen and oxygen atoms in total. The molecule has 1 heterocycles. The molecule has 72 valence electrons. The van der Waals surface area contributed by atoms with Crippen LogP contribution in [0.5, 0.6) is 0 Å². The van der Waals surface area contributed by atoms with Crippen molar-refractivity contribution < 1.29 is 4.79 Å². The fraction of sp³-hybridized carbons (Fsp3) is 0.375. The Morgan fingerprint density at radius 3 is 2.77 bits per heavy atom. The van der Waals surface area contributed by atoms with E-state index in [1.54, 1.807) is 7.05 Å². The van der Waals surface area contributed by atoms with Crippen LogP contribution in [0.25, 0.3) is 0 Å². The van der Waals surface area contributed by atoms with Gasteiger partial charge in [0.25, 0.3) is 0 Å². The van der Waals surface area contributed by atoms with Gasteiger partial charge in [0.2, 0.25) is 0 Å². The molecular weight excluding hydrogens is 229 g/mol. The molecule has 0 aliphatic rings. The smallest absolute Gasteiger partial charge is 0.316 e. The zero-order valence-electron chi connectivity index (χ0n) is 7.09. The van der Waals surface area contributed by atoms with Crippen LogP contribution in [0.1, 0.15) is 4.88 Å². The SMILES string of the molecule is CN(CCc1ccc(Cl)s1)C(=O)Cl. The molecule has 0 aromatic carbocycles. The highest BCUT2D eigenvalue weighted by Crippen LogP contribution is 2.21. The quantitative estimate of drug-likeness (QED) is 0.584. The average Bonchev–Trinajstić information content (AvgIpc) is 2.47. The molecule has 1 amide bonds. The molecule has 1 aromatic rings. The number of carbonyl (C=O) groups is 1. The molecule has 0 aliphatic heterocycles. The number of likely N-dealkylation sites (N-methyl/N-ethyl adjacent to an activating group) is 1. The molecular formula is C8H9Cl2NOS. The van der Waals surface area contributed by atoms with Crippen LogP contribution in [0.4, 0.5) is 4.79 Å². The van der Waals surface area contributed by atoms with Gasteiger partial charge in [-0.25, -0.2) is 0 Å². The molecule has 0 spiro atoms. The Morgan fingerprint density at radius 1 is 1.62 bits per heavy atom. The number of hydrogen-bond acceptors (Lipinski definition) is 2. The first-order valence-corrected chi connectivity index (χ1v) is 5.31.